The van der Waals surface area contributed by atoms with Crippen LogP contribution in [0.2, 0.25) is 0 Å². The maximum absolute atomic E-state index is 12.9. The third-order valence-electron chi connectivity index (χ3n) is 5.90. The summed E-state index contributed by atoms with van der Waals surface area (Å²) in [7, 11) is 0. The molecule has 1 aliphatic heterocycles. The van der Waals surface area contributed by atoms with Gasteiger partial charge >= 0.3 is 0 Å². The molecule has 2 aliphatic rings. The Morgan fingerprint density at radius 1 is 1.19 bits per heavy atom. The van der Waals surface area contributed by atoms with Crippen LogP contribution < -0.4 is 11.1 Å². The van der Waals surface area contributed by atoms with E-state index in [-0.39, 0.29) is 36.3 Å². The van der Waals surface area contributed by atoms with Gasteiger partial charge in [-0.25, -0.2) is 0 Å². The van der Waals surface area contributed by atoms with Crippen molar-refractivity contribution in [2.24, 2.45) is 11.7 Å². The largest absolute Gasteiger partial charge is 0.350 e. The number of nitrogens with one attached hydrogen (secondary N) is 1. The highest BCUT2D eigenvalue weighted by atomic mass is 35.5. The monoisotopic (exact) mass is 393 g/mol. The first kappa shape index (κ1) is 21.7. The van der Waals surface area contributed by atoms with Gasteiger partial charge in [-0.05, 0) is 37.7 Å². The van der Waals surface area contributed by atoms with Crippen molar-refractivity contribution < 1.29 is 9.59 Å². The minimum atomic E-state index is -0.374. The van der Waals surface area contributed by atoms with Crippen molar-refractivity contribution in [3.05, 3.63) is 35.4 Å². The van der Waals surface area contributed by atoms with E-state index in [0.29, 0.717) is 31.8 Å². The fourth-order valence-corrected chi connectivity index (χ4v) is 4.28. The quantitative estimate of drug-likeness (QED) is 0.780. The molecule has 2 unspecified atom stereocenters. The Kier molecular flexibility index (Phi) is 8.11. The molecule has 0 aromatic heterocycles. The maximum atomic E-state index is 12.9. The Hall–Kier alpha value is -1.59. The van der Waals surface area contributed by atoms with Crippen molar-refractivity contribution in [1.82, 2.24) is 10.2 Å². The van der Waals surface area contributed by atoms with Crippen LogP contribution in [-0.4, -0.2) is 35.3 Å². The van der Waals surface area contributed by atoms with Crippen LogP contribution >= 0.6 is 12.4 Å². The number of likely N-dealkylation sites (tertiary alicyclic amines) is 1. The normalized spacial score (nSPS) is 21.6. The second kappa shape index (κ2) is 10.1. The summed E-state index contributed by atoms with van der Waals surface area (Å²) in [5, 5.41) is 3.17. The van der Waals surface area contributed by atoms with Crippen molar-refractivity contribution in [3.8, 4) is 0 Å². The molecule has 3 N–H and O–H groups in total. The van der Waals surface area contributed by atoms with Gasteiger partial charge < -0.3 is 16.0 Å². The minimum absolute atomic E-state index is 0. The fraction of sp³-hybridized carbons (Fsp3) is 0.619. The molecule has 27 heavy (non-hydrogen) atoms. The van der Waals surface area contributed by atoms with Crippen LogP contribution in [0.5, 0.6) is 0 Å². The summed E-state index contributed by atoms with van der Waals surface area (Å²) < 4.78 is 0. The van der Waals surface area contributed by atoms with Crippen molar-refractivity contribution in [3.63, 3.8) is 0 Å². The van der Waals surface area contributed by atoms with Crippen LogP contribution in [0.25, 0.3) is 0 Å². The van der Waals surface area contributed by atoms with E-state index >= 15 is 0 Å². The summed E-state index contributed by atoms with van der Waals surface area (Å²) >= 11 is 0. The van der Waals surface area contributed by atoms with E-state index in [9.17, 15) is 9.59 Å². The van der Waals surface area contributed by atoms with Crippen LogP contribution in [0.1, 0.15) is 56.1 Å². The van der Waals surface area contributed by atoms with Gasteiger partial charge in [-0.2, -0.15) is 0 Å². The van der Waals surface area contributed by atoms with Crippen molar-refractivity contribution in [1.29, 1.82) is 0 Å². The van der Waals surface area contributed by atoms with E-state index in [4.69, 9.17) is 5.73 Å². The standard InChI is InChI=1S/C21H31N3O2.ClH/c1-15-7-9-16(10-8-15)14-24-19(11-12-20(24)25)21(26)23-18(13-22)17-5-3-2-4-6-17;/h7-10,17-19H,2-6,11-14,22H2,1H3,(H,23,26);1H. The lowest BCUT2D eigenvalue weighted by Gasteiger charge is -2.32. The molecule has 0 radical (unpaired) electrons. The second-order valence-corrected chi connectivity index (χ2v) is 7.81. The van der Waals surface area contributed by atoms with Gasteiger partial charge in [0.25, 0.3) is 0 Å². The lowest BCUT2D eigenvalue weighted by Crippen LogP contribution is -2.52. The third kappa shape index (κ3) is 5.45. The predicted octanol–water partition coefficient (Wildman–Crippen LogP) is 2.93. The molecule has 2 amide bonds. The minimum Gasteiger partial charge on any atom is -0.350 e. The van der Waals surface area contributed by atoms with Crippen molar-refractivity contribution in [2.45, 2.75) is 70.5 Å². The van der Waals surface area contributed by atoms with Gasteiger partial charge in [-0.3, -0.25) is 9.59 Å². The number of nitrogens with zero attached hydrogens (tertiary/aromatic N) is 1. The number of amides is 2. The Morgan fingerprint density at radius 2 is 1.85 bits per heavy atom. The molecule has 1 heterocycles. The topological polar surface area (TPSA) is 75.4 Å². The highest BCUT2D eigenvalue weighted by molar-refractivity contribution is 5.91. The SMILES string of the molecule is Cc1ccc(CN2C(=O)CCC2C(=O)NC(CN)C2CCCCC2)cc1.Cl. The molecule has 5 nitrogen and oxygen atoms in total. The number of hydrogen-bond donors (Lipinski definition) is 2. The van der Waals surface area contributed by atoms with Gasteiger partial charge in [0.2, 0.25) is 11.8 Å². The van der Waals surface area contributed by atoms with Crippen LogP contribution in [-0.2, 0) is 16.1 Å². The van der Waals surface area contributed by atoms with Crippen LogP contribution in [0.4, 0.5) is 0 Å². The molecular weight excluding hydrogens is 362 g/mol. The van der Waals surface area contributed by atoms with Crippen LogP contribution in [0.15, 0.2) is 24.3 Å². The summed E-state index contributed by atoms with van der Waals surface area (Å²) in [4.78, 5) is 27.0. The van der Waals surface area contributed by atoms with E-state index in [1.54, 1.807) is 4.90 Å². The van der Waals surface area contributed by atoms with Gasteiger partial charge in [-0.15, -0.1) is 12.4 Å². The summed E-state index contributed by atoms with van der Waals surface area (Å²) in [6.45, 7) is 3.00. The average Bonchev–Trinajstić information content (AvgIpc) is 3.03. The van der Waals surface area contributed by atoms with E-state index in [2.05, 4.69) is 5.32 Å². The number of carbonyl (C=O) groups is 2. The zero-order chi connectivity index (χ0) is 18.5. The van der Waals surface area contributed by atoms with E-state index < -0.39 is 0 Å². The lowest BCUT2D eigenvalue weighted by molar-refractivity contribution is -0.136. The van der Waals surface area contributed by atoms with Gasteiger partial charge in [0, 0.05) is 25.6 Å². The Bertz CT molecular complexity index is 629. The Balaban J connectivity index is 0.00000261. The molecule has 150 valence electrons. The van der Waals surface area contributed by atoms with E-state index in [1.807, 2.05) is 31.2 Å². The molecule has 1 aromatic rings. The van der Waals surface area contributed by atoms with E-state index in [1.165, 1.54) is 24.8 Å². The molecule has 1 aromatic carbocycles. The van der Waals surface area contributed by atoms with Gasteiger partial charge in [-0.1, -0.05) is 49.1 Å². The molecule has 2 atom stereocenters. The van der Waals surface area contributed by atoms with Crippen molar-refractivity contribution >= 4 is 24.2 Å². The smallest absolute Gasteiger partial charge is 0.243 e. The van der Waals surface area contributed by atoms with Crippen LogP contribution in [0, 0.1) is 12.8 Å². The van der Waals surface area contributed by atoms with Crippen molar-refractivity contribution in [2.75, 3.05) is 6.54 Å². The summed E-state index contributed by atoms with van der Waals surface area (Å²) in [5.41, 5.74) is 8.21. The molecule has 1 aliphatic carbocycles. The maximum Gasteiger partial charge on any atom is 0.243 e. The highest BCUT2D eigenvalue weighted by Gasteiger charge is 2.37. The average molecular weight is 394 g/mol. The molecular formula is C21H32ClN3O2. The molecule has 3 rings (SSSR count). The number of rotatable bonds is 6. The summed E-state index contributed by atoms with van der Waals surface area (Å²) in [6.07, 6.45) is 7.04. The first-order valence-corrected chi connectivity index (χ1v) is 9.94. The fourth-order valence-electron chi connectivity index (χ4n) is 4.28. The van der Waals surface area contributed by atoms with Gasteiger partial charge in [0.05, 0.1) is 0 Å². The Morgan fingerprint density at radius 3 is 2.48 bits per heavy atom. The number of nitrogens with two attached hydrogens (primary N) is 1. The number of aryl methyl sites for hydroxylation is 1. The Labute approximate surface area is 168 Å². The molecule has 6 heteroatoms. The summed E-state index contributed by atoms with van der Waals surface area (Å²) in [6, 6.07) is 7.79. The number of benzene rings is 1. The van der Waals surface area contributed by atoms with Gasteiger partial charge in [0.1, 0.15) is 6.04 Å². The molecule has 0 spiro atoms. The highest BCUT2D eigenvalue weighted by Crippen LogP contribution is 2.27. The molecule has 0 bridgehead atoms. The third-order valence-corrected chi connectivity index (χ3v) is 5.90. The second-order valence-electron chi connectivity index (χ2n) is 7.81. The molecule has 1 saturated heterocycles. The number of halogens is 1. The lowest BCUT2D eigenvalue weighted by atomic mass is 9.84. The zero-order valence-corrected chi connectivity index (χ0v) is 17.0. The van der Waals surface area contributed by atoms with Crippen LogP contribution in [0.3, 0.4) is 0 Å². The van der Waals surface area contributed by atoms with E-state index in [0.717, 1.165) is 18.4 Å². The number of hydrogen-bond acceptors (Lipinski definition) is 3. The molecule has 2 fully saturated rings. The predicted molar refractivity (Wildman–Crippen MR) is 110 cm³/mol. The van der Waals surface area contributed by atoms with Gasteiger partial charge in [0.15, 0.2) is 0 Å². The summed E-state index contributed by atoms with van der Waals surface area (Å²) in [5.74, 6) is 0.497. The molecule has 1 saturated carbocycles. The zero-order valence-electron chi connectivity index (χ0n) is 16.2. The number of carbonyl (C=O) groups excluding carboxylic acids is 2. The first-order chi connectivity index (χ1) is 12.6. The first-order valence-electron chi connectivity index (χ1n) is 9.94.